The Morgan fingerprint density at radius 1 is 1.13 bits per heavy atom. The summed E-state index contributed by atoms with van der Waals surface area (Å²) in [6, 6.07) is 4.02. The van der Waals surface area contributed by atoms with Gasteiger partial charge in [-0.25, -0.2) is 0 Å². The van der Waals surface area contributed by atoms with Crippen LogP contribution in [0.15, 0.2) is 23.1 Å². The number of rotatable bonds is 1. The van der Waals surface area contributed by atoms with Crippen LogP contribution in [0.3, 0.4) is 0 Å². The van der Waals surface area contributed by atoms with E-state index in [1.807, 2.05) is 0 Å². The first-order valence-electron chi connectivity index (χ1n) is 4.44. The molecule has 0 bridgehead atoms. The Kier molecular flexibility index (Phi) is 2.54. The Morgan fingerprint density at radius 2 is 1.80 bits per heavy atom. The lowest BCUT2D eigenvalue weighted by Gasteiger charge is -2.07. The maximum absolute atomic E-state index is 10.9. The van der Waals surface area contributed by atoms with E-state index in [0.717, 1.165) is 6.42 Å². The molecular formula is C9H10O5S. The highest BCUT2D eigenvalue weighted by atomic mass is 32.2. The first-order chi connectivity index (χ1) is 7.07. The van der Waals surface area contributed by atoms with E-state index in [1.54, 1.807) is 0 Å². The number of ether oxygens (including phenoxy) is 2. The zero-order valence-electron chi connectivity index (χ0n) is 7.84. The lowest BCUT2D eigenvalue weighted by Crippen LogP contribution is -1.99. The van der Waals surface area contributed by atoms with Crippen LogP contribution in [0, 0.1) is 0 Å². The molecule has 82 valence electrons. The van der Waals surface area contributed by atoms with Crippen LogP contribution in [0.25, 0.3) is 0 Å². The third-order valence-electron chi connectivity index (χ3n) is 2.02. The highest BCUT2D eigenvalue weighted by Gasteiger charge is 2.16. The van der Waals surface area contributed by atoms with Crippen molar-refractivity contribution in [2.24, 2.45) is 0 Å². The van der Waals surface area contributed by atoms with Crippen molar-refractivity contribution in [3.8, 4) is 11.5 Å². The van der Waals surface area contributed by atoms with E-state index in [0.29, 0.717) is 24.7 Å². The van der Waals surface area contributed by atoms with Gasteiger partial charge in [-0.3, -0.25) is 4.55 Å². The highest BCUT2D eigenvalue weighted by molar-refractivity contribution is 7.85. The van der Waals surface area contributed by atoms with Gasteiger partial charge in [0.05, 0.1) is 18.1 Å². The number of hydrogen-bond acceptors (Lipinski definition) is 4. The second-order valence-electron chi connectivity index (χ2n) is 3.13. The molecule has 1 N–H and O–H groups in total. The number of hydrogen-bond donors (Lipinski definition) is 1. The summed E-state index contributed by atoms with van der Waals surface area (Å²) in [5, 5.41) is 0. The van der Waals surface area contributed by atoms with Crippen molar-refractivity contribution in [1.29, 1.82) is 0 Å². The lowest BCUT2D eigenvalue weighted by atomic mass is 10.3. The average Bonchev–Trinajstić information content (AvgIpc) is 2.39. The van der Waals surface area contributed by atoms with E-state index in [2.05, 4.69) is 0 Å². The minimum Gasteiger partial charge on any atom is -0.490 e. The van der Waals surface area contributed by atoms with Crippen LogP contribution in [-0.4, -0.2) is 26.2 Å². The fourth-order valence-electron chi connectivity index (χ4n) is 1.30. The molecule has 1 heterocycles. The molecule has 6 heteroatoms. The van der Waals surface area contributed by atoms with Crippen LogP contribution in [-0.2, 0) is 10.1 Å². The van der Waals surface area contributed by atoms with Crippen molar-refractivity contribution in [2.45, 2.75) is 11.3 Å². The molecule has 0 atom stereocenters. The SMILES string of the molecule is O=S(=O)(O)c1ccc2c(c1)OCCCO2. The van der Waals surface area contributed by atoms with Crippen LogP contribution >= 0.6 is 0 Å². The molecule has 0 unspecified atom stereocenters. The normalized spacial score (nSPS) is 15.8. The Morgan fingerprint density at radius 3 is 2.47 bits per heavy atom. The Bertz CT molecular complexity index is 465. The molecule has 0 saturated carbocycles. The quantitative estimate of drug-likeness (QED) is 0.731. The second-order valence-corrected chi connectivity index (χ2v) is 4.56. The molecular weight excluding hydrogens is 220 g/mol. The van der Waals surface area contributed by atoms with Gasteiger partial charge in [-0.1, -0.05) is 0 Å². The molecule has 1 aliphatic rings. The van der Waals surface area contributed by atoms with Gasteiger partial charge in [0.1, 0.15) is 0 Å². The summed E-state index contributed by atoms with van der Waals surface area (Å²) >= 11 is 0. The fourth-order valence-corrected chi connectivity index (χ4v) is 1.80. The zero-order valence-corrected chi connectivity index (χ0v) is 8.66. The van der Waals surface area contributed by atoms with E-state index >= 15 is 0 Å². The molecule has 15 heavy (non-hydrogen) atoms. The Labute approximate surface area is 87.4 Å². The molecule has 0 saturated heterocycles. The predicted octanol–water partition coefficient (Wildman–Crippen LogP) is 1.09. The van der Waals surface area contributed by atoms with Crippen molar-refractivity contribution in [1.82, 2.24) is 0 Å². The first-order valence-corrected chi connectivity index (χ1v) is 5.88. The van der Waals surface area contributed by atoms with E-state index < -0.39 is 10.1 Å². The van der Waals surface area contributed by atoms with Crippen molar-refractivity contribution < 1.29 is 22.4 Å². The molecule has 0 spiro atoms. The summed E-state index contributed by atoms with van der Waals surface area (Å²) in [6.07, 6.45) is 0.746. The van der Waals surface area contributed by atoms with Gasteiger partial charge < -0.3 is 9.47 Å². The molecule has 2 rings (SSSR count). The van der Waals surface area contributed by atoms with Crippen LogP contribution in [0.5, 0.6) is 11.5 Å². The van der Waals surface area contributed by atoms with Crippen molar-refractivity contribution >= 4 is 10.1 Å². The first kappa shape index (κ1) is 10.3. The maximum atomic E-state index is 10.9. The Hall–Kier alpha value is -1.27. The van der Waals surface area contributed by atoms with Crippen LogP contribution < -0.4 is 9.47 Å². The van der Waals surface area contributed by atoms with Crippen molar-refractivity contribution in [2.75, 3.05) is 13.2 Å². The van der Waals surface area contributed by atoms with E-state index in [4.69, 9.17) is 14.0 Å². The van der Waals surface area contributed by atoms with E-state index in [9.17, 15) is 8.42 Å². The minimum absolute atomic E-state index is 0.188. The topological polar surface area (TPSA) is 72.8 Å². The van der Waals surface area contributed by atoms with Gasteiger partial charge in [-0.05, 0) is 12.1 Å². The standard InChI is InChI=1S/C9H10O5S/c10-15(11,12)7-2-3-8-9(6-7)14-5-1-4-13-8/h2-3,6H,1,4-5H2,(H,10,11,12). The maximum Gasteiger partial charge on any atom is 0.294 e. The molecule has 0 radical (unpaired) electrons. The summed E-state index contributed by atoms with van der Waals surface area (Å²) in [5.74, 6) is 0.850. The fraction of sp³-hybridized carbons (Fsp3) is 0.333. The summed E-state index contributed by atoms with van der Waals surface area (Å²) in [5.41, 5.74) is 0. The zero-order chi connectivity index (χ0) is 10.9. The third-order valence-corrected chi connectivity index (χ3v) is 2.87. The third kappa shape index (κ3) is 2.21. The molecule has 1 aliphatic heterocycles. The molecule has 1 aromatic carbocycles. The summed E-state index contributed by atoms with van der Waals surface area (Å²) in [6.45, 7) is 1.01. The molecule has 5 nitrogen and oxygen atoms in total. The lowest BCUT2D eigenvalue weighted by molar-refractivity contribution is 0.296. The van der Waals surface area contributed by atoms with Crippen molar-refractivity contribution in [3.63, 3.8) is 0 Å². The second kappa shape index (κ2) is 3.71. The van der Waals surface area contributed by atoms with Crippen LogP contribution in [0.1, 0.15) is 6.42 Å². The largest absolute Gasteiger partial charge is 0.490 e. The van der Waals surface area contributed by atoms with E-state index in [-0.39, 0.29) is 4.90 Å². The smallest absolute Gasteiger partial charge is 0.294 e. The Balaban J connectivity index is 2.45. The summed E-state index contributed by atoms with van der Waals surface area (Å²) < 4.78 is 41.2. The van der Waals surface area contributed by atoms with Gasteiger partial charge in [-0.2, -0.15) is 8.42 Å². The molecule has 1 aromatic rings. The summed E-state index contributed by atoms with van der Waals surface area (Å²) in [4.78, 5) is -0.188. The van der Waals surface area contributed by atoms with Gasteiger partial charge in [0, 0.05) is 12.5 Å². The summed E-state index contributed by atoms with van der Waals surface area (Å²) in [7, 11) is -4.18. The highest BCUT2D eigenvalue weighted by Crippen LogP contribution is 2.31. The van der Waals surface area contributed by atoms with E-state index in [1.165, 1.54) is 18.2 Å². The van der Waals surface area contributed by atoms with Crippen molar-refractivity contribution in [3.05, 3.63) is 18.2 Å². The molecule has 0 aromatic heterocycles. The van der Waals surface area contributed by atoms with Gasteiger partial charge in [0.2, 0.25) is 0 Å². The van der Waals surface area contributed by atoms with Gasteiger partial charge in [-0.15, -0.1) is 0 Å². The van der Waals surface area contributed by atoms with Gasteiger partial charge in [0.25, 0.3) is 10.1 Å². The predicted molar refractivity (Wildman–Crippen MR) is 51.9 cm³/mol. The average molecular weight is 230 g/mol. The molecule has 0 fully saturated rings. The number of fused-ring (bicyclic) bond motifs is 1. The van der Waals surface area contributed by atoms with Gasteiger partial charge in [0.15, 0.2) is 11.5 Å². The van der Waals surface area contributed by atoms with Gasteiger partial charge >= 0.3 is 0 Å². The van der Waals surface area contributed by atoms with Crippen LogP contribution in [0.4, 0.5) is 0 Å². The molecule has 0 amide bonds. The minimum atomic E-state index is -4.18. The van der Waals surface area contributed by atoms with Crippen LogP contribution in [0.2, 0.25) is 0 Å². The molecule has 0 aliphatic carbocycles. The monoisotopic (exact) mass is 230 g/mol. The number of benzene rings is 1.